The van der Waals surface area contributed by atoms with Crippen molar-refractivity contribution in [3.8, 4) is 0 Å². The minimum absolute atomic E-state index is 0.167. The summed E-state index contributed by atoms with van der Waals surface area (Å²) in [6.45, 7) is 11.6. The van der Waals surface area contributed by atoms with Crippen molar-refractivity contribution in [3.05, 3.63) is 46.8 Å². The monoisotopic (exact) mass is 298 g/mol. The fourth-order valence-electron chi connectivity index (χ4n) is 4.86. The summed E-state index contributed by atoms with van der Waals surface area (Å²) in [5.41, 5.74) is 6.06. The summed E-state index contributed by atoms with van der Waals surface area (Å²) in [6, 6.07) is 0.461. The summed E-state index contributed by atoms with van der Waals surface area (Å²) in [4.78, 5) is 5.22. The second kappa shape index (κ2) is 5.33. The van der Waals surface area contributed by atoms with E-state index >= 15 is 0 Å². The number of rotatable bonds is 2. The van der Waals surface area contributed by atoms with Gasteiger partial charge < -0.3 is 9.80 Å². The predicted molar refractivity (Wildman–Crippen MR) is 94.2 cm³/mol. The molecule has 2 aliphatic carbocycles. The second-order valence-electron chi connectivity index (χ2n) is 7.68. The lowest BCUT2D eigenvalue weighted by Gasteiger charge is -2.47. The number of likely N-dealkylation sites (N-methyl/N-ethyl adjacent to an activating group) is 1. The fraction of sp³-hybridized carbons (Fsp3) is 0.600. The minimum Gasteiger partial charge on any atom is -0.353 e. The van der Waals surface area contributed by atoms with Crippen molar-refractivity contribution in [1.29, 1.82) is 0 Å². The zero-order valence-corrected chi connectivity index (χ0v) is 15.0. The molecular formula is C20H30N2. The van der Waals surface area contributed by atoms with Gasteiger partial charge >= 0.3 is 0 Å². The quantitative estimate of drug-likeness (QED) is 0.720. The summed E-state index contributed by atoms with van der Waals surface area (Å²) in [7, 11) is 2.26. The molecule has 0 fully saturated rings. The highest BCUT2D eigenvalue weighted by molar-refractivity contribution is 5.40. The van der Waals surface area contributed by atoms with E-state index in [9.17, 15) is 0 Å². The van der Waals surface area contributed by atoms with Crippen molar-refractivity contribution < 1.29 is 0 Å². The first-order valence-electron chi connectivity index (χ1n) is 8.65. The van der Waals surface area contributed by atoms with Gasteiger partial charge in [0.15, 0.2) is 0 Å². The van der Waals surface area contributed by atoms with E-state index in [1.54, 1.807) is 5.70 Å². The first-order chi connectivity index (χ1) is 10.4. The molecular weight excluding hydrogens is 268 g/mol. The van der Waals surface area contributed by atoms with Crippen LogP contribution >= 0.6 is 0 Å². The zero-order valence-electron chi connectivity index (χ0n) is 15.0. The van der Waals surface area contributed by atoms with Crippen LogP contribution < -0.4 is 0 Å². The third kappa shape index (κ3) is 2.24. The van der Waals surface area contributed by atoms with Gasteiger partial charge in [0.2, 0.25) is 0 Å². The smallest absolute Gasteiger partial charge is 0.101 e. The lowest BCUT2D eigenvalue weighted by molar-refractivity contribution is 0.0822. The van der Waals surface area contributed by atoms with E-state index in [1.807, 2.05) is 0 Å². The van der Waals surface area contributed by atoms with Crippen molar-refractivity contribution in [1.82, 2.24) is 9.80 Å². The molecule has 0 spiro atoms. The van der Waals surface area contributed by atoms with Gasteiger partial charge in [-0.1, -0.05) is 44.6 Å². The molecule has 2 atom stereocenters. The van der Waals surface area contributed by atoms with Gasteiger partial charge in [-0.2, -0.15) is 0 Å². The average Bonchev–Trinajstić information content (AvgIpc) is 2.70. The normalized spacial score (nSPS) is 30.5. The Morgan fingerprint density at radius 2 is 2.00 bits per heavy atom. The second-order valence-corrected chi connectivity index (χ2v) is 7.68. The molecule has 0 aromatic rings. The van der Waals surface area contributed by atoms with Crippen molar-refractivity contribution in [2.24, 2.45) is 5.41 Å². The van der Waals surface area contributed by atoms with E-state index in [0.717, 1.165) is 6.42 Å². The molecule has 1 heterocycles. The molecule has 0 N–H and O–H groups in total. The molecule has 0 radical (unpaired) electrons. The first kappa shape index (κ1) is 15.5. The standard InChI is InChI=1S/C20H30N2/c1-7-18-21(6)16-10-8-9-11-17(16)22(18)19-15(3)12-14(2)13-20(19,4)5/h8,10,12-13,18-19H,7,9,11H2,1-6H3. The molecule has 0 saturated carbocycles. The molecule has 22 heavy (non-hydrogen) atoms. The average molecular weight is 298 g/mol. The number of allylic oxidation sites excluding steroid dienone is 5. The van der Waals surface area contributed by atoms with Gasteiger partial charge in [-0.05, 0) is 44.8 Å². The van der Waals surface area contributed by atoms with E-state index in [1.165, 1.54) is 29.7 Å². The highest BCUT2D eigenvalue weighted by Gasteiger charge is 2.44. The lowest BCUT2D eigenvalue weighted by Crippen LogP contribution is -2.51. The van der Waals surface area contributed by atoms with Crippen LogP contribution in [0.25, 0.3) is 0 Å². The Balaban J connectivity index is 2.07. The third-order valence-corrected chi connectivity index (χ3v) is 5.41. The molecule has 3 rings (SSSR count). The van der Waals surface area contributed by atoms with Crippen molar-refractivity contribution >= 4 is 0 Å². The minimum atomic E-state index is 0.167. The Kier molecular flexibility index (Phi) is 3.74. The van der Waals surface area contributed by atoms with Crippen molar-refractivity contribution in [2.45, 2.75) is 66.1 Å². The van der Waals surface area contributed by atoms with Crippen LogP contribution in [0, 0.1) is 5.41 Å². The fourth-order valence-corrected chi connectivity index (χ4v) is 4.86. The molecule has 2 nitrogen and oxygen atoms in total. The maximum Gasteiger partial charge on any atom is 0.101 e. The van der Waals surface area contributed by atoms with Gasteiger partial charge in [0.1, 0.15) is 6.17 Å². The zero-order chi connectivity index (χ0) is 16.1. The Morgan fingerprint density at radius 3 is 2.64 bits per heavy atom. The molecule has 1 aliphatic heterocycles. The van der Waals surface area contributed by atoms with E-state index < -0.39 is 0 Å². The van der Waals surface area contributed by atoms with Gasteiger partial charge in [0.25, 0.3) is 0 Å². The van der Waals surface area contributed by atoms with E-state index in [2.05, 4.69) is 75.8 Å². The van der Waals surface area contributed by atoms with Gasteiger partial charge in [-0.25, -0.2) is 0 Å². The molecule has 0 aromatic carbocycles. The summed E-state index contributed by atoms with van der Waals surface area (Å²) in [5.74, 6) is 0. The van der Waals surface area contributed by atoms with Gasteiger partial charge in [-0.15, -0.1) is 0 Å². The number of hydrogen-bond donors (Lipinski definition) is 0. The van der Waals surface area contributed by atoms with Crippen LogP contribution in [0.5, 0.6) is 0 Å². The maximum absolute atomic E-state index is 2.73. The Morgan fingerprint density at radius 1 is 1.27 bits per heavy atom. The third-order valence-electron chi connectivity index (χ3n) is 5.41. The van der Waals surface area contributed by atoms with E-state index in [-0.39, 0.29) is 5.41 Å². The van der Waals surface area contributed by atoms with E-state index in [0.29, 0.717) is 12.2 Å². The van der Waals surface area contributed by atoms with Crippen LogP contribution in [-0.2, 0) is 0 Å². The van der Waals surface area contributed by atoms with Crippen LogP contribution in [0.2, 0.25) is 0 Å². The van der Waals surface area contributed by atoms with E-state index in [4.69, 9.17) is 0 Å². The molecule has 0 aromatic heterocycles. The Bertz CT molecular complexity index is 589. The molecule has 120 valence electrons. The predicted octanol–water partition coefficient (Wildman–Crippen LogP) is 4.83. The Labute approximate surface area is 135 Å². The van der Waals surface area contributed by atoms with Crippen LogP contribution in [0.4, 0.5) is 0 Å². The van der Waals surface area contributed by atoms with Gasteiger partial charge in [-0.3, -0.25) is 0 Å². The van der Waals surface area contributed by atoms with Crippen molar-refractivity contribution in [3.63, 3.8) is 0 Å². The molecule has 2 heteroatoms. The highest BCUT2D eigenvalue weighted by atomic mass is 15.4. The molecule has 0 amide bonds. The molecule has 2 unspecified atom stereocenters. The van der Waals surface area contributed by atoms with Crippen LogP contribution in [0.3, 0.4) is 0 Å². The number of nitrogens with zero attached hydrogens (tertiary/aromatic N) is 2. The van der Waals surface area contributed by atoms with Gasteiger partial charge in [0.05, 0.1) is 11.7 Å². The van der Waals surface area contributed by atoms with Gasteiger partial charge in [0, 0.05) is 18.2 Å². The summed E-state index contributed by atoms with van der Waals surface area (Å²) < 4.78 is 0. The first-order valence-corrected chi connectivity index (χ1v) is 8.65. The van der Waals surface area contributed by atoms with Crippen LogP contribution in [0.1, 0.15) is 53.9 Å². The highest BCUT2D eigenvalue weighted by Crippen LogP contribution is 2.45. The largest absolute Gasteiger partial charge is 0.353 e. The SMILES string of the molecule is CCC1N(C)C2=C(CCC=C2)N1C1C(C)=CC(C)=CC1(C)C. The van der Waals surface area contributed by atoms with Crippen LogP contribution in [0.15, 0.2) is 46.8 Å². The topological polar surface area (TPSA) is 6.48 Å². The molecule has 0 saturated heterocycles. The summed E-state index contributed by atoms with van der Waals surface area (Å²) in [6.07, 6.45) is 13.5. The summed E-state index contributed by atoms with van der Waals surface area (Å²) >= 11 is 0. The Hall–Kier alpha value is -1.44. The number of hydrogen-bond acceptors (Lipinski definition) is 2. The lowest BCUT2D eigenvalue weighted by atomic mass is 9.74. The maximum atomic E-state index is 2.73. The summed E-state index contributed by atoms with van der Waals surface area (Å²) in [5, 5.41) is 0. The van der Waals surface area contributed by atoms with Crippen molar-refractivity contribution in [2.75, 3.05) is 7.05 Å². The molecule has 0 bridgehead atoms. The van der Waals surface area contributed by atoms with Crippen LogP contribution in [-0.4, -0.2) is 29.1 Å². The molecule has 3 aliphatic rings.